The highest BCUT2D eigenvalue weighted by Gasteiger charge is 2.35. The molecule has 3 aliphatic rings. The second kappa shape index (κ2) is 8.18. The molecule has 7 heteroatoms. The van der Waals surface area contributed by atoms with Crippen LogP contribution in [0.4, 0.5) is 0 Å². The van der Waals surface area contributed by atoms with Gasteiger partial charge in [-0.3, -0.25) is 19.4 Å². The minimum atomic E-state index is -0.765. The topological polar surface area (TPSA) is 102 Å². The fourth-order valence-corrected chi connectivity index (χ4v) is 4.11. The van der Waals surface area contributed by atoms with E-state index < -0.39 is 22.8 Å². The van der Waals surface area contributed by atoms with E-state index in [1.165, 1.54) is 6.42 Å². The van der Waals surface area contributed by atoms with Crippen molar-refractivity contribution in [1.82, 2.24) is 14.5 Å². The second-order valence-corrected chi connectivity index (χ2v) is 7.64. The molecule has 0 radical (unpaired) electrons. The first kappa shape index (κ1) is 19.9. The molecule has 7 nitrogen and oxygen atoms in total. The third-order valence-corrected chi connectivity index (χ3v) is 5.60. The maximum Gasteiger partial charge on any atom is 0.349 e. The van der Waals surface area contributed by atoms with Gasteiger partial charge >= 0.3 is 5.69 Å². The quantitative estimate of drug-likeness (QED) is 0.479. The van der Waals surface area contributed by atoms with Crippen molar-refractivity contribution in [2.24, 2.45) is 0 Å². The number of Topliss-reactive ketones (excluding diaryl/α,β-unsaturated/α-hetero) is 2. The van der Waals surface area contributed by atoms with E-state index in [2.05, 4.69) is 16.9 Å². The van der Waals surface area contributed by atoms with E-state index in [1.807, 2.05) is 0 Å². The Morgan fingerprint density at radius 2 is 1.53 bits per heavy atom. The van der Waals surface area contributed by atoms with Gasteiger partial charge in [0, 0.05) is 17.7 Å². The van der Waals surface area contributed by atoms with E-state index in [0.717, 1.165) is 32.1 Å². The Balaban J connectivity index is 1.87. The molecule has 30 heavy (non-hydrogen) atoms. The molecular formula is C23H23N3O4. The summed E-state index contributed by atoms with van der Waals surface area (Å²) in [4.78, 5) is 56.3. The van der Waals surface area contributed by atoms with Crippen LogP contribution >= 0.6 is 0 Å². The first-order valence-electron chi connectivity index (χ1n) is 10.4. The van der Waals surface area contributed by atoms with Gasteiger partial charge in [-0.1, -0.05) is 63.3 Å². The predicted octanol–water partition coefficient (Wildman–Crippen LogP) is 3.44. The van der Waals surface area contributed by atoms with Crippen LogP contribution in [0.5, 0.6) is 0 Å². The van der Waals surface area contributed by atoms with Crippen molar-refractivity contribution >= 4 is 11.6 Å². The highest BCUT2D eigenvalue weighted by molar-refractivity contribution is 6.52. The van der Waals surface area contributed by atoms with E-state index in [0.29, 0.717) is 23.2 Å². The lowest BCUT2D eigenvalue weighted by molar-refractivity contribution is 0.0809. The predicted molar refractivity (Wildman–Crippen MR) is 113 cm³/mol. The minimum Gasteiger partial charge on any atom is -0.322 e. The van der Waals surface area contributed by atoms with Crippen LogP contribution in [0, 0.1) is 0 Å². The van der Waals surface area contributed by atoms with Gasteiger partial charge in [-0.15, -0.1) is 0 Å². The van der Waals surface area contributed by atoms with Crippen LogP contribution in [0.2, 0.25) is 0 Å². The summed E-state index contributed by atoms with van der Waals surface area (Å²) in [6, 6.07) is 8.44. The summed E-state index contributed by atoms with van der Waals surface area (Å²) in [6.45, 7) is 2.56. The van der Waals surface area contributed by atoms with Gasteiger partial charge in [0.1, 0.15) is 5.69 Å². The lowest BCUT2D eigenvalue weighted by atomic mass is 9.85. The fourth-order valence-electron chi connectivity index (χ4n) is 4.11. The molecule has 154 valence electrons. The molecule has 2 heterocycles. The number of unbranched alkanes of at least 4 members (excludes halogenated alkanes) is 5. The number of ketones is 2. The summed E-state index contributed by atoms with van der Waals surface area (Å²) in [6.07, 6.45) is 6.24. The summed E-state index contributed by atoms with van der Waals surface area (Å²) < 4.78 is 1.59. The van der Waals surface area contributed by atoms with E-state index in [-0.39, 0.29) is 17.1 Å². The van der Waals surface area contributed by atoms with Crippen molar-refractivity contribution < 1.29 is 9.59 Å². The summed E-state index contributed by atoms with van der Waals surface area (Å²) in [5.74, 6) is -1.07. The van der Waals surface area contributed by atoms with Crippen LogP contribution in [0.15, 0.2) is 39.9 Å². The Labute approximate surface area is 173 Å². The number of fused-ring (bicyclic) bond motifs is 4. The maximum absolute atomic E-state index is 13.0. The van der Waals surface area contributed by atoms with Crippen LogP contribution in [0.3, 0.4) is 0 Å². The Kier molecular flexibility index (Phi) is 5.44. The number of H-pyrrole nitrogens is 1. The Hall–Kier alpha value is -3.35. The molecule has 0 amide bonds. The summed E-state index contributed by atoms with van der Waals surface area (Å²) >= 11 is 0. The first-order chi connectivity index (χ1) is 14.5. The number of carbonyl (C=O) groups is 2. The number of hydrogen-bond acceptors (Lipinski definition) is 5. The summed E-state index contributed by atoms with van der Waals surface area (Å²) in [5.41, 5.74) is 0.588. The van der Waals surface area contributed by atoms with Gasteiger partial charge < -0.3 is 4.57 Å². The first-order valence-corrected chi connectivity index (χ1v) is 10.4. The van der Waals surface area contributed by atoms with Gasteiger partial charge in [-0.25, -0.2) is 4.79 Å². The van der Waals surface area contributed by atoms with Gasteiger partial charge in [-0.05, 0) is 18.1 Å². The zero-order valence-electron chi connectivity index (χ0n) is 16.9. The maximum atomic E-state index is 13.0. The molecule has 0 bridgehead atoms. The molecule has 0 unspecified atom stereocenters. The normalized spacial score (nSPS) is 12.8. The van der Waals surface area contributed by atoms with E-state index in [4.69, 9.17) is 0 Å². The third kappa shape index (κ3) is 3.40. The van der Waals surface area contributed by atoms with Crippen LogP contribution in [0.25, 0.3) is 22.5 Å². The Bertz CT molecular complexity index is 1220. The standard InChI is InChI=1S/C23H23N3O4/c1-2-3-4-5-6-9-12-26-18-16(13-17-21(26)24-23(30)25-22(17)29)14-10-7-8-11-15(14)19(27)20(18)28/h7-8,10-11,13H,2-6,9,12H2,1H3,(H,25,29,30). The molecule has 1 aromatic rings. The second-order valence-electron chi connectivity index (χ2n) is 7.64. The monoisotopic (exact) mass is 405 g/mol. The van der Waals surface area contributed by atoms with Gasteiger partial charge in [0.2, 0.25) is 5.78 Å². The number of hydrogen-bond donors (Lipinski definition) is 1. The summed E-state index contributed by atoms with van der Waals surface area (Å²) in [5, 5.41) is 0. The average Bonchev–Trinajstić information content (AvgIpc) is 2.74. The molecule has 1 aliphatic carbocycles. The highest BCUT2D eigenvalue weighted by atomic mass is 16.2. The third-order valence-electron chi connectivity index (χ3n) is 5.60. The number of nitrogens with one attached hydrogen (secondary N) is 1. The zero-order chi connectivity index (χ0) is 21.3. The molecule has 2 aliphatic heterocycles. The van der Waals surface area contributed by atoms with Crippen LogP contribution in [-0.4, -0.2) is 26.1 Å². The highest BCUT2D eigenvalue weighted by Crippen LogP contribution is 2.36. The fraction of sp³-hybridized carbons (Fsp3) is 0.348. The lowest BCUT2D eigenvalue weighted by Crippen LogP contribution is -2.32. The van der Waals surface area contributed by atoms with Gasteiger partial charge in [0.05, 0.1) is 5.56 Å². The van der Waals surface area contributed by atoms with Crippen molar-refractivity contribution in [3.05, 3.63) is 62.4 Å². The molecular weight excluding hydrogens is 382 g/mol. The zero-order valence-corrected chi connectivity index (χ0v) is 16.9. The van der Waals surface area contributed by atoms with E-state index >= 15 is 0 Å². The summed E-state index contributed by atoms with van der Waals surface area (Å²) in [7, 11) is 0. The number of rotatable bonds is 7. The van der Waals surface area contributed by atoms with Gasteiger partial charge in [0.25, 0.3) is 11.3 Å². The minimum absolute atomic E-state index is 0.150. The van der Waals surface area contributed by atoms with Crippen molar-refractivity contribution in [2.75, 3.05) is 0 Å². The van der Waals surface area contributed by atoms with Crippen LogP contribution < -0.4 is 11.2 Å². The van der Waals surface area contributed by atoms with Crippen LogP contribution in [-0.2, 0) is 6.54 Å². The number of carbonyl (C=O) groups excluding carboxylic acids is 2. The smallest absolute Gasteiger partial charge is 0.322 e. The molecule has 1 N–H and O–H groups in total. The largest absolute Gasteiger partial charge is 0.349 e. The Morgan fingerprint density at radius 1 is 0.833 bits per heavy atom. The lowest BCUT2D eigenvalue weighted by Gasteiger charge is -2.25. The molecule has 0 aromatic heterocycles. The molecule has 4 rings (SSSR count). The van der Waals surface area contributed by atoms with Gasteiger partial charge in [0.15, 0.2) is 5.82 Å². The van der Waals surface area contributed by atoms with E-state index in [1.54, 1.807) is 34.9 Å². The molecule has 0 spiro atoms. The molecule has 0 atom stereocenters. The van der Waals surface area contributed by atoms with Gasteiger partial charge in [-0.2, -0.15) is 4.98 Å². The average molecular weight is 405 g/mol. The van der Waals surface area contributed by atoms with Crippen molar-refractivity contribution in [3.8, 4) is 22.5 Å². The van der Waals surface area contributed by atoms with Crippen molar-refractivity contribution in [3.63, 3.8) is 0 Å². The Morgan fingerprint density at radius 3 is 2.30 bits per heavy atom. The van der Waals surface area contributed by atoms with Crippen LogP contribution in [0.1, 0.15) is 66.3 Å². The SMILES string of the molecule is CCCCCCCCn1c2nc(=O)[nH]c(=O)c-2cc2c1C(=O)C(=O)c1ccccc1-2. The number of nitrogens with zero attached hydrogens (tertiary/aromatic N) is 2. The number of aromatic nitrogens is 3. The number of aromatic amines is 1. The molecule has 1 aromatic carbocycles. The molecule has 0 saturated heterocycles. The van der Waals surface area contributed by atoms with Crippen molar-refractivity contribution in [1.29, 1.82) is 0 Å². The molecule has 0 saturated carbocycles. The number of benzene rings is 1. The van der Waals surface area contributed by atoms with Crippen molar-refractivity contribution in [2.45, 2.75) is 52.0 Å². The van der Waals surface area contributed by atoms with E-state index in [9.17, 15) is 19.2 Å². The number of pyridine rings is 1. The molecule has 0 fully saturated rings.